The molecule has 1 aliphatic rings. The molecule has 2 heterocycles. The van der Waals surface area contributed by atoms with Crippen molar-refractivity contribution in [1.29, 1.82) is 0 Å². The van der Waals surface area contributed by atoms with Crippen LogP contribution in [-0.4, -0.2) is 49.3 Å². The minimum atomic E-state index is 0.316. The maximum absolute atomic E-state index is 5.69. The van der Waals surface area contributed by atoms with Crippen molar-refractivity contribution >= 4 is 11.3 Å². The Morgan fingerprint density at radius 1 is 1.53 bits per heavy atom. The predicted octanol–water partition coefficient (Wildman–Crippen LogP) is 1.18. The molecule has 0 aliphatic carbocycles. The summed E-state index contributed by atoms with van der Waals surface area (Å²) in [6, 6.07) is 0. The molecular formula is C12H21N3OS. The minimum Gasteiger partial charge on any atom is -0.374 e. The molecule has 0 saturated carbocycles. The first-order chi connectivity index (χ1) is 8.19. The monoisotopic (exact) mass is 255 g/mol. The van der Waals surface area contributed by atoms with Crippen LogP contribution >= 0.6 is 11.3 Å². The Morgan fingerprint density at radius 3 is 3.00 bits per heavy atom. The molecule has 0 spiro atoms. The van der Waals surface area contributed by atoms with Crippen molar-refractivity contribution in [2.24, 2.45) is 0 Å². The highest BCUT2D eigenvalue weighted by Gasteiger charge is 2.20. The molecule has 17 heavy (non-hydrogen) atoms. The van der Waals surface area contributed by atoms with Gasteiger partial charge in [-0.25, -0.2) is 4.98 Å². The lowest BCUT2D eigenvalue weighted by Crippen LogP contribution is -2.45. The third-order valence-electron chi connectivity index (χ3n) is 3.09. The Kier molecular flexibility index (Phi) is 4.50. The van der Waals surface area contributed by atoms with E-state index in [1.807, 2.05) is 18.4 Å². The van der Waals surface area contributed by atoms with E-state index in [0.29, 0.717) is 6.10 Å². The van der Waals surface area contributed by atoms with Gasteiger partial charge in [-0.3, -0.25) is 4.90 Å². The highest BCUT2D eigenvalue weighted by Crippen LogP contribution is 2.19. The molecule has 1 fully saturated rings. The highest BCUT2D eigenvalue weighted by atomic mass is 32.1. The highest BCUT2D eigenvalue weighted by molar-refractivity contribution is 7.11. The Hall–Kier alpha value is -0.490. The molecule has 1 saturated heterocycles. The summed E-state index contributed by atoms with van der Waals surface area (Å²) in [6.45, 7) is 8.94. The van der Waals surface area contributed by atoms with E-state index in [1.54, 1.807) is 0 Å². The second-order valence-corrected chi connectivity index (χ2v) is 5.82. The molecule has 4 nitrogen and oxygen atoms in total. The summed E-state index contributed by atoms with van der Waals surface area (Å²) < 4.78 is 5.69. The quantitative estimate of drug-likeness (QED) is 0.877. The zero-order chi connectivity index (χ0) is 12.3. The van der Waals surface area contributed by atoms with E-state index in [0.717, 1.165) is 32.8 Å². The number of nitrogens with zero attached hydrogens (tertiary/aromatic N) is 2. The van der Waals surface area contributed by atoms with Gasteiger partial charge in [0.15, 0.2) is 0 Å². The summed E-state index contributed by atoms with van der Waals surface area (Å²) in [4.78, 5) is 8.36. The summed E-state index contributed by atoms with van der Waals surface area (Å²) in [6.07, 6.45) is 0.316. The van der Waals surface area contributed by atoms with Crippen LogP contribution in [0, 0.1) is 13.8 Å². The molecular weight excluding hydrogens is 234 g/mol. The number of likely N-dealkylation sites (N-methyl/N-ethyl adjacent to an activating group) is 1. The van der Waals surface area contributed by atoms with Crippen LogP contribution in [0.1, 0.15) is 15.6 Å². The summed E-state index contributed by atoms with van der Waals surface area (Å²) in [5, 5.41) is 4.40. The fourth-order valence-electron chi connectivity index (χ4n) is 2.07. The van der Waals surface area contributed by atoms with Gasteiger partial charge in [-0.1, -0.05) is 0 Å². The van der Waals surface area contributed by atoms with E-state index in [-0.39, 0.29) is 0 Å². The second-order valence-electron chi connectivity index (χ2n) is 4.53. The summed E-state index contributed by atoms with van der Waals surface area (Å²) in [5.74, 6) is 0. The molecule has 1 aromatic heterocycles. The summed E-state index contributed by atoms with van der Waals surface area (Å²) >= 11 is 1.81. The average Bonchev–Trinajstić information content (AvgIpc) is 2.59. The van der Waals surface area contributed by atoms with E-state index in [4.69, 9.17) is 4.74 Å². The molecule has 0 bridgehead atoms. The van der Waals surface area contributed by atoms with Crippen LogP contribution in [0.25, 0.3) is 0 Å². The maximum Gasteiger partial charge on any atom is 0.107 e. The predicted molar refractivity (Wildman–Crippen MR) is 70.5 cm³/mol. The van der Waals surface area contributed by atoms with Crippen LogP contribution in [0.2, 0.25) is 0 Å². The molecule has 96 valence electrons. The van der Waals surface area contributed by atoms with Crippen LogP contribution in [0.4, 0.5) is 0 Å². The number of hydrogen-bond donors (Lipinski definition) is 1. The first kappa shape index (κ1) is 13.0. The van der Waals surface area contributed by atoms with Crippen LogP contribution in [0.5, 0.6) is 0 Å². The maximum atomic E-state index is 5.69. The molecule has 0 aromatic carbocycles. The van der Waals surface area contributed by atoms with Crippen molar-refractivity contribution in [3.05, 3.63) is 15.6 Å². The third-order valence-corrected chi connectivity index (χ3v) is 4.14. The van der Waals surface area contributed by atoms with E-state index < -0.39 is 0 Å². The number of nitrogens with one attached hydrogen (secondary N) is 1. The standard InChI is InChI=1S/C12H21N3OS/c1-9-10(2)17-12(14-9)8-15-4-5-16-11(7-15)6-13-3/h11,13H,4-8H2,1-3H3. The first-order valence-corrected chi connectivity index (χ1v) is 6.92. The van der Waals surface area contributed by atoms with Gasteiger partial charge in [0.2, 0.25) is 0 Å². The molecule has 2 rings (SSSR count). The van der Waals surface area contributed by atoms with Gasteiger partial charge >= 0.3 is 0 Å². The number of aromatic nitrogens is 1. The smallest absolute Gasteiger partial charge is 0.107 e. The SMILES string of the molecule is CNCC1CN(Cc2nc(C)c(C)s2)CCO1. The normalized spacial score (nSPS) is 21.9. The Morgan fingerprint density at radius 2 is 2.35 bits per heavy atom. The zero-order valence-electron chi connectivity index (χ0n) is 10.8. The van der Waals surface area contributed by atoms with Crippen molar-refractivity contribution < 1.29 is 4.74 Å². The van der Waals surface area contributed by atoms with Crippen LogP contribution in [0.15, 0.2) is 0 Å². The summed E-state index contributed by atoms with van der Waals surface area (Å²) in [7, 11) is 1.97. The minimum absolute atomic E-state index is 0.316. The number of hydrogen-bond acceptors (Lipinski definition) is 5. The first-order valence-electron chi connectivity index (χ1n) is 6.10. The molecule has 5 heteroatoms. The van der Waals surface area contributed by atoms with Crippen molar-refractivity contribution in [2.75, 3.05) is 33.3 Å². The van der Waals surface area contributed by atoms with Gasteiger partial charge in [0.1, 0.15) is 5.01 Å². The lowest BCUT2D eigenvalue weighted by molar-refractivity contribution is -0.0291. The number of morpholine rings is 1. The van der Waals surface area contributed by atoms with Gasteiger partial charge in [-0.05, 0) is 20.9 Å². The van der Waals surface area contributed by atoms with Crippen molar-refractivity contribution in [1.82, 2.24) is 15.2 Å². The molecule has 1 N–H and O–H groups in total. The molecule has 0 radical (unpaired) electrons. The van der Waals surface area contributed by atoms with Crippen LogP contribution in [0.3, 0.4) is 0 Å². The Bertz CT molecular complexity index is 345. The van der Waals surface area contributed by atoms with Gasteiger partial charge in [0.05, 0.1) is 24.9 Å². The van der Waals surface area contributed by atoms with Gasteiger partial charge in [0.25, 0.3) is 0 Å². The Balaban J connectivity index is 1.90. The van der Waals surface area contributed by atoms with E-state index in [2.05, 4.69) is 29.0 Å². The van der Waals surface area contributed by atoms with Crippen molar-refractivity contribution in [3.8, 4) is 0 Å². The van der Waals surface area contributed by atoms with Crippen LogP contribution < -0.4 is 5.32 Å². The molecule has 1 aliphatic heterocycles. The lowest BCUT2D eigenvalue weighted by atomic mass is 10.2. The van der Waals surface area contributed by atoms with E-state index in [9.17, 15) is 0 Å². The summed E-state index contributed by atoms with van der Waals surface area (Å²) in [5.41, 5.74) is 1.17. The second kappa shape index (κ2) is 5.91. The largest absolute Gasteiger partial charge is 0.374 e. The number of aryl methyl sites for hydroxylation is 2. The van der Waals surface area contributed by atoms with Gasteiger partial charge in [-0.15, -0.1) is 11.3 Å². The topological polar surface area (TPSA) is 37.4 Å². The number of thiazole rings is 1. The van der Waals surface area contributed by atoms with Gasteiger partial charge in [0, 0.05) is 24.5 Å². The van der Waals surface area contributed by atoms with E-state index >= 15 is 0 Å². The fraction of sp³-hybridized carbons (Fsp3) is 0.750. The fourth-order valence-corrected chi connectivity index (χ4v) is 3.05. The van der Waals surface area contributed by atoms with Gasteiger partial charge in [-0.2, -0.15) is 0 Å². The van der Waals surface area contributed by atoms with Crippen molar-refractivity contribution in [2.45, 2.75) is 26.5 Å². The average molecular weight is 255 g/mol. The lowest BCUT2D eigenvalue weighted by Gasteiger charge is -2.32. The van der Waals surface area contributed by atoms with Gasteiger partial charge < -0.3 is 10.1 Å². The molecule has 1 aromatic rings. The third kappa shape index (κ3) is 3.48. The zero-order valence-corrected chi connectivity index (χ0v) is 11.6. The molecule has 0 amide bonds. The van der Waals surface area contributed by atoms with E-state index in [1.165, 1.54) is 15.6 Å². The molecule has 1 atom stereocenters. The van der Waals surface area contributed by atoms with Crippen LogP contribution in [-0.2, 0) is 11.3 Å². The van der Waals surface area contributed by atoms with Crippen molar-refractivity contribution in [3.63, 3.8) is 0 Å². The Labute approximate surface area is 107 Å². The number of rotatable bonds is 4. The molecule has 1 unspecified atom stereocenters. The number of ether oxygens (including phenoxy) is 1.